The number of ether oxygens (including phenoxy) is 3. The van der Waals surface area contributed by atoms with Gasteiger partial charge in [0.25, 0.3) is 0 Å². The molecule has 0 spiro atoms. The molecule has 0 atom stereocenters. The van der Waals surface area contributed by atoms with Crippen molar-refractivity contribution in [2.45, 2.75) is 0 Å². The van der Waals surface area contributed by atoms with E-state index < -0.39 is 0 Å². The average Bonchev–Trinajstić information content (AvgIpc) is 2.87. The van der Waals surface area contributed by atoms with Crippen molar-refractivity contribution in [3.8, 4) is 11.5 Å². The highest BCUT2D eigenvalue weighted by molar-refractivity contribution is 5.60. The molecular weight excluding hydrogens is 412 g/mol. The normalized spacial score (nSPS) is 10.4. The molecule has 168 valence electrons. The van der Waals surface area contributed by atoms with Crippen LogP contribution >= 0.6 is 0 Å². The standard InChI is InChI=1S/C28H28N2O3/c1-3-7-23(8-4-1)29-25-11-15-27(16-12-25)32-21-19-31-20-22-33-28-17-13-26(14-18-28)30-24-9-5-2-6-10-24/h1-18,29-30H,19-22H2. The van der Waals surface area contributed by atoms with E-state index in [2.05, 4.69) is 10.6 Å². The van der Waals surface area contributed by atoms with Crippen molar-refractivity contribution in [2.24, 2.45) is 0 Å². The lowest BCUT2D eigenvalue weighted by Gasteiger charge is -2.10. The molecule has 0 saturated heterocycles. The molecule has 0 amide bonds. The minimum absolute atomic E-state index is 0.491. The van der Waals surface area contributed by atoms with Gasteiger partial charge in [0, 0.05) is 22.7 Å². The summed E-state index contributed by atoms with van der Waals surface area (Å²) in [7, 11) is 0. The van der Waals surface area contributed by atoms with Crippen LogP contribution in [-0.4, -0.2) is 26.4 Å². The zero-order chi connectivity index (χ0) is 22.6. The summed E-state index contributed by atoms with van der Waals surface area (Å²) in [6, 6.07) is 35.9. The average molecular weight is 441 g/mol. The van der Waals surface area contributed by atoms with Gasteiger partial charge in [-0.25, -0.2) is 0 Å². The second-order valence-corrected chi connectivity index (χ2v) is 7.34. The summed E-state index contributed by atoms with van der Waals surface area (Å²) >= 11 is 0. The Hall–Kier alpha value is -3.96. The summed E-state index contributed by atoms with van der Waals surface area (Å²) in [4.78, 5) is 0. The third kappa shape index (κ3) is 7.59. The second-order valence-electron chi connectivity index (χ2n) is 7.34. The van der Waals surface area contributed by atoms with Gasteiger partial charge in [-0.3, -0.25) is 0 Å². The molecule has 0 fully saturated rings. The van der Waals surface area contributed by atoms with Crippen LogP contribution in [0.25, 0.3) is 0 Å². The van der Waals surface area contributed by atoms with Crippen molar-refractivity contribution in [1.29, 1.82) is 0 Å². The van der Waals surface area contributed by atoms with Crippen molar-refractivity contribution in [1.82, 2.24) is 0 Å². The smallest absolute Gasteiger partial charge is 0.119 e. The highest BCUT2D eigenvalue weighted by atomic mass is 16.5. The van der Waals surface area contributed by atoms with E-state index in [0.717, 1.165) is 34.2 Å². The van der Waals surface area contributed by atoms with Gasteiger partial charge in [-0.1, -0.05) is 36.4 Å². The predicted octanol–water partition coefficient (Wildman–Crippen LogP) is 6.65. The van der Waals surface area contributed by atoms with Gasteiger partial charge in [-0.05, 0) is 72.8 Å². The Morgan fingerprint density at radius 1 is 0.394 bits per heavy atom. The van der Waals surface area contributed by atoms with Crippen LogP contribution in [0.15, 0.2) is 109 Å². The van der Waals surface area contributed by atoms with E-state index in [1.165, 1.54) is 0 Å². The van der Waals surface area contributed by atoms with Crippen molar-refractivity contribution < 1.29 is 14.2 Å². The highest BCUT2D eigenvalue weighted by Crippen LogP contribution is 2.21. The Labute approximate surface area is 195 Å². The number of hydrogen-bond acceptors (Lipinski definition) is 5. The predicted molar refractivity (Wildman–Crippen MR) is 134 cm³/mol. The summed E-state index contributed by atoms with van der Waals surface area (Å²) in [6.07, 6.45) is 0. The molecule has 0 saturated carbocycles. The monoisotopic (exact) mass is 440 g/mol. The van der Waals surface area contributed by atoms with Gasteiger partial charge in [0.05, 0.1) is 13.2 Å². The molecule has 0 aliphatic rings. The molecule has 33 heavy (non-hydrogen) atoms. The summed E-state index contributed by atoms with van der Waals surface area (Å²) in [5.41, 5.74) is 4.15. The van der Waals surface area contributed by atoms with E-state index in [1.54, 1.807) is 0 Å². The molecule has 5 heteroatoms. The Morgan fingerprint density at radius 3 is 1.15 bits per heavy atom. The van der Waals surface area contributed by atoms with Gasteiger partial charge < -0.3 is 24.8 Å². The molecule has 4 rings (SSSR count). The molecule has 0 radical (unpaired) electrons. The second kappa shape index (κ2) is 12.2. The number of benzene rings is 4. The van der Waals surface area contributed by atoms with E-state index in [4.69, 9.17) is 14.2 Å². The summed E-state index contributed by atoms with van der Waals surface area (Å²) in [5, 5.41) is 6.70. The van der Waals surface area contributed by atoms with Crippen LogP contribution in [-0.2, 0) is 4.74 Å². The van der Waals surface area contributed by atoms with Gasteiger partial charge in [0.15, 0.2) is 0 Å². The first-order valence-electron chi connectivity index (χ1n) is 11.0. The van der Waals surface area contributed by atoms with E-state index in [9.17, 15) is 0 Å². The molecular formula is C28H28N2O3. The van der Waals surface area contributed by atoms with Crippen LogP contribution in [0.5, 0.6) is 11.5 Å². The first-order valence-corrected chi connectivity index (χ1v) is 11.0. The maximum Gasteiger partial charge on any atom is 0.119 e. The number of nitrogens with one attached hydrogen (secondary N) is 2. The first-order chi connectivity index (χ1) is 16.3. The molecule has 0 aliphatic carbocycles. The van der Waals surface area contributed by atoms with E-state index in [-0.39, 0.29) is 0 Å². The zero-order valence-electron chi connectivity index (χ0n) is 18.4. The van der Waals surface area contributed by atoms with Crippen LogP contribution in [0, 0.1) is 0 Å². The Balaban J connectivity index is 1.08. The minimum Gasteiger partial charge on any atom is -0.491 e. The van der Waals surface area contributed by atoms with Crippen molar-refractivity contribution in [3.05, 3.63) is 109 Å². The van der Waals surface area contributed by atoms with E-state index in [1.807, 2.05) is 109 Å². The largest absolute Gasteiger partial charge is 0.491 e. The fraction of sp³-hybridized carbons (Fsp3) is 0.143. The summed E-state index contributed by atoms with van der Waals surface area (Å²) in [5.74, 6) is 1.63. The van der Waals surface area contributed by atoms with Gasteiger partial charge in [0.2, 0.25) is 0 Å². The van der Waals surface area contributed by atoms with Crippen LogP contribution in [0.3, 0.4) is 0 Å². The topological polar surface area (TPSA) is 51.8 Å². The molecule has 0 unspecified atom stereocenters. The molecule has 5 nitrogen and oxygen atoms in total. The zero-order valence-corrected chi connectivity index (χ0v) is 18.4. The quantitative estimate of drug-likeness (QED) is 0.242. The number of rotatable bonds is 12. The lowest BCUT2D eigenvalue weighted by atomic mass is 10.2. The molecule has 0 aromatic heterocycles. The molecule has 0 bridgehead atoms. The first kappa shape index (κ1) is 22.2. The number of para-hydroxylation sites is 2. The van der Waals surface area contributed by atoms with Crippen molar-refractivity contribution in [2.75, 3.05) is 37.1 Å². The molecule has 4 aromatic rings. The molecule has 2 N–H and O–H groups in total. The Kier molecular flexibility index (Phi) is 8.20. The summed E-state index contributed by atoms with van der Waals surface area (Å²) in [6.45, 7) is 2.00. The summed E-state index contributed by atoms with van der Waals surface area (Å²) < 4.78 is 17.1. The lowest BCUT2D eigenvalue weighted by Crippen LogP contribution is -2.12. The lowest BCUT2D eigenvalue weighted by molar-refractivity contribution is 0.0764. The Bertz CT molecular complexity index is 981. The van der Waals surface area contributed by atoms with Crippen molar-refractivity contribution in [3.63, 3.8) is 0 Å². The van der Waals surface area contributed by atoms with E-state index >= 15 is 0 Å². The van der Waals surface area contributed by atoms with Gasteiger partial charge >= 0.3 is 0 Å². The number of anilines is 4. The SMILES string of the molecule is c1ccc(Nc2ccc(OCCOCCOc3ccc(Nc4ccccc4)cc3)cc2)cc1. The van der Waals surface area contributed by atoms with Crippen molar-refractivity contribution >= 4 is 22.7 Å². The fourth-order valence-corrected chi connectivity index (χ4v) is 3.18. The molecule has 4 aromatic carbocycles. The van der Waals surface area contributed by atoms with Crippen LogP contribution in [0.4, 0.5) is 22.7 Å². The van der Waals surface area contributed by atoms with Gasteiger partial charge in [-0.15, -0.1) is 0 Å². The highest BCUT2D eigenvalue weighted by Gasteiger charge is 1.99. The molecule has 0 aliphatic heterocycles. The van der Waals surface area contributed by atoms with Gasteiger partial charge in [-0.2, -0.15) is 0 Å². The third-order valence-electron chi connectivity index (χ3n) is 4.83. The van der Waals surface area contributed by atoms with Gasteiger partial charge in [0.1, 0.15) is 24.7 Å². The van der Waals surface area contributed by atoms with Crippen LogP contribution < -0.4 is 20.1 Å². The maximum atomic E-state index is 5.74. The van der Waals surface area contributed by atoms with Crippen LogP contribution in [0.2, 0.25) is 0 Å². The minimum atomic E-state index is 0.491. The number of hydrogen-bond donors (Lipinski definition) is 2. The van der Waals surface area contributed by atoms with Crippen LogP contribution in [0.1, 0.15) is 0 Å². The molecule has 0 heterocycles. The Morgan fingerprint density at radius 2 is 0.758 bits per heavy atom. The van der Waals surface area contributed by atoms with E-state index in [0.29, 0.717) is 26.4 Å². The maximum absolute atomic E-state index is 5.74. The third-order valence-corrected chi connectivity index (χ3v) is 4.83. The fourth-order valence-electron chi connectivity index (χ4n) is 3.18.